The monoisotopic (exact) mass is 693 g/mol. The number of carbonyl (C=O) groups is 2. The Kier molecular flexibility index (Phi) is 34.5. The van der Waals surface area contributed by atoms with Gasteiger partial charge in [-0.25, -0.2) is 0 Å². The van der Waals surface area contributed by atoms with Gasteiger partial charge in [0.1, 0.15) is 0 Å². The highest BCUT2D eigenvalue weighted by molar-refractivity contribution is 5.79. The molecule has 0 aromatic carbocycles. The van der Waals surface area contributed by atoms with E-state index < -0.39 is 0 Å². The van der Waals surface area contributed by atoms with E-state index in [1.807, 2.05) is 0 Å². The molecule has 0 radical (unpaired) electrons. The van der Waals surface area contributed by atoms with Gasteiger partial charge in [0.2, 0.25) is 5.91 Å². The zero-order valence-corrected chi connectivity index (χ0v) is 34.5. The number of esters is 1. The molecule has 49 heavy (non-hydrogen) atoms. The van der Waals surface area contributed by atoms with Crippen LogP contribution in [0.25, 0.3) is 0 Å². The Bertz CT molecular complexity index is 727. The molecule has 292 valence electrons. The van der Waals surface area contributed by atoms with Crippen molar-refractivity contribution in [3.05, 3.63) is 0 Å². The fourth-order valence-corrected chi connectivity index (χ4v) is 7.33. The predicted molar refractivity (Wildman–Crippen MR) is 214 cm³/mol. The van der Waals surface area contributed by atoms with Crippen molar-refractivity contribution in [2.24, 2.45) is 11.8 Å². The lowest BCUT2D eigenvalue weighted by molar-refractivity contribution is -0.145. The van der Waals surface area contributed by atoms with Gasteiger partial charge < -0.3 is 14.5 Å². The summed E-state index contributed by atoms with van der Waals surface area (Å²) in [4.78, 5) is 31.2. The first kappa shape index (κ1) is 47.9. The van der Waals surface area contributed by atoms with Crippen molar-refractivity contribution in [1.29, 1.82) is 0 Å². The van der Waals surface area contributed by atoms with Gasteiger partial charge in [-0.1, -0.05) is 163 Å². The van der Waals surface area contributed by atoms with Crippen LogP contribution >= 0.6 is 0 Å². The minimum Gasteiger partial charge on any atom is -0.465 e. The number of nitrogens with zero attached hydrogens (tertiary/aromatic N) is 2. The number of carbonyl (C=O) groups excluding carboxylic acids is 2. The molecule has 0 bridgehead atoms. The Morgan fingerprint density at radius 1 is 0.510 bits per heavy atom. The lowest BCUT2D eigenvalue weighted by atomic mass is 9.93. The molecule has 5 nitrogen and oxygen atoms in total. The summed E-state index contributed by atoms with van der Waals surface area (Å²) in [6, 6.07) is 0.378. The third kappa shape index (κ3) is 28.2. The van der Waals surface area contributed by atoms with Crippen LogP contribution in [0.15, 0.2) is 0 Å². The van der Waals surface area contributed by atoms with Gasteiger partial charge in [0, 0.05) is 24.9 Å². The van der Waals surface area contributed by atoms with Crippen LogP contribution in [0.4, 0.5) is 0 Å². The maximum absolute atomic E-state index is 14.1. The van der Waals surface area contributed by atoms with Crippen LogP contribution in [-0.4, -0.2) is 61.5 Å². The highest BCUT2D eigenvalue weighted by Gasteiger charge is 2.28. The minimum atomic E-state index is 0.00620. The van der Waals surface area contributed by atoms with Crippen molar-refractivity contribution in [3.63, 3.8) is 0 Å². The first-order chi connectivity index (χ1) is 23.8. The summed E-state index contributed by atoms with van der Waals surface area (Å²) >= 11 is 0. The Morgan fingerprint density at radius 3 is 1.55 bits per heavy atom. The van der Waals surface area contributed by atoms with Gasteiger partial charge in [0.05, 0.1) is 6.61 Å². The minimum absolute atomic E-state index is 0.00620. The van der Waals surface area contributed by atoms with Crippen molar-refractivity contribution in [1.82, 2.24) is 9.80 Å². The third-order valence-electron chi connectivity index (χ3n) is 10.7. The summed E-state index contributed by atoms with van der Waals surface area (Å²) in [5.74, 6) is 1.16. The van der Waals surface area contributed by atoms with Gasteiger partial charge in [-0.2, -0.15) is 0 Å². The summed E-state index contributed by atoms with van der Waals surface area (Å²) in [5.41, 5.74) is 0. The molecule has 0 aliphatic carbocycles. The molecule has 0 spiro atoms. The van der Waals surface area contributed by atoms with Crippen LogP contribution in [0.3, 0.4) is 0 Å². The predicted octanol–water partition coefficient (Wildman–Crippen LogP) is 12.9. The molecule has 0 heterocycles. The van der Waals surface area contributed by atoms with Gasteiger partial charge in [-0.3, -0.25) is 9.59 Å². The van der Waals surface area contributed by atoms with E-state index >= 15 is 0 Å². The molecule has 1 amide bonds. The van der Waals surface area contributed by atoms with Crippen molar-refractivity contribution in [3.8, 4) is 0 Å². The number of hydrogen-bond donors (Lipinski definition) is 0. The van der Waals surface area contributed by atoms with Crippen LogP contribution in [0.2, 0.25) is 0 Å². The maximum Gasteiger partial charge on any atom is 0.305 e. The van der Waals surface area contributed by atoms with Gasteiger partial charge in [-0.15, -0.1) is 0 Å². The molecule has 0 saturated heterocycles. The SMILES string of the molecule is CCCCCCCCC(CCCCCCCCC(=O)OCC(CCCC)CCCCCC)N(CCCN(C)C)C(=O)C(CC)CCCCC. The van der Waals surface area contributed by atoms with Crippen LogP contribution in [0.1, 0.15) is 221 Å². The molecule has 3 atom stereocenters. The Hall–Kier alpha value is -1.10. The molecular weight excluding hydrogens is 604 g/mol. The van der Waals surface area contributed by atoms with E-state index in [-0.39, 0.29) is 11.9 Å². The maximum atomic E-state index is 14.1. The zero-order valence-electron chi connectivity index (χ0n) is 34.5. The molecule has 5 heteroatoms. The smallest absolute Gasteiger partial charge is 0.305 e. The summed E-state index contributed by atoms with van der Waals surface area (Å²) in [5, 5.41) is 0. The van der Waals surface area contributed by atoms with Crippen LogP contribution in [0.5, 0.6) is 0 Å². The fraction of sp³-hybridized carbons (Fsp3) is 0.955. The van der Waals surface area contributed by atoms with E-state index in [1.165, 1.54) is 135 Å². The van der Waals surface area contributed by atoms with Gasteiger partial charge >= 0.3 is 5.97 Å². The number of amides is 1. The highest BCUT2D eigenvalue weighted by Crippen LogP contribution is 2.25. The quantitative estimate of drug-likeness (QED) is 0.0480. The van der Waals surface area contributed by atoms with Crippen molar-refractivity contribution in [2.45, 2.75) is 227 Å². The fourth-order valence-electron chi connectivity index (χ4n) is 7.33. The Labute approximate surface area is 307 Å². The van der Waals surface area contributed by atoms with E-state index in [4.69, 9.17) is 4.74 Å². The lowest BCUT2D eigenvalue weighted by Gasteiger charge is -2.35. The van der Waals surface area contributed by atoms with E-state index in [0.717, 1.165) is 58.0 Å². The standard InChI is InChI=1S/C44H88N2O3/c1-8-13-17-19-22-27-34-42(46(38-30-37-45(6)7)44(48)41(12-5)33-25-15-10-3)35-28-23-20-21-24-29-36-43(47)49-39-40(31-16-11-4)32-26-18-14-9-2/h40-42H,8-39H2,1-7H3. The second-order valence-corrected chi connectivity index (χ2v) is 15.7. The number of rotatable bonds is 37. The number of hydrogen-bond acceptors (Lipinski definition) is 4. The highest BCUT2D eigenvalue weighted by atomic mass is 16.5. The molecular formula is C44H88N2O3. The first-order valence-corrected chi connectivity index (χ1v) is 21.9. The van der Waals surface area contributed by atoms with Crippen LogP contribution < -0.4 is 0 Å². The molecule has 0 aliphatic heterocycles. The average Bonchev–Trinajstić information content (AvgIpc) is 3.09. The summed E-state index contributed by atoms with van der Waals surface area (Å²) in [7, 11) is 4.28. The van der Waals surface area contributed by atoms with E-state index in [2.05, 4.69) is 58.5 Å². The Morgan fingerprint density at radius 2 is 0.980 bits per heavy atom. The van der Waals surface area contributed by atoms with Gasteiger partial charge in [-0.05, 0) is 77.9 Å². The largest absolute Gasteiger partial charge is 0.465 e. The molecule has 0 rings (SSSR count). The average molecular weight is 693 g/mol. The summed E-state index contributed by atoms with van der Waals surface area (Å²) in [6.07, 6.45) is 34.2. The zero-order chi connectivity index (χ0) is 36.4. The van der Waals surface area contributed by atoms with Crippen LogP contribution in [0, 0.1) is 11.8 Å². The summed E-state index contributed by atoms with van der Waals surface area (Å²) < 4.78 is 5.75. The molecule has 0 fully saturated rings. The molecule has 0 saturated carbocycles. The van der Waals surface area contributed by atoms with E-state index in [9.17, 15) is 9.59 Å². The third-order valence-corrected chi connectivity index (χ3v) is 10.7. The number of unbranched alkanes of at least 4 members (excludes halogenated alkanes) is 16. The number of ether oxygens (including phenoxy) is 1. The molecule has 0 aromatic heterocycles. The van der Waals surface area contributed by atoms with E-state index in [0.29, 0.717) is 30.9 Å². The summed E-state index contributed by atoms with van der Waals surface area (Å²) in [6.45, 7) is 13.8. The van der Waals surface area contributed by atoms with Crippen molar-refractivity contribution in [2.75, 3.05) is 33.8 Å². The second kappa shape index (κ2) is 35.3. The van der Waals surface area contributed by atoms with Gasteiger partial charge in [0.15, 0.2) is 0 Å². The van der Waals surface area contributed by atoms with Crippen molar-refractivity contribution >= 4 is 11.9 Å². The molecule has 0 N–H and O–H groups in total. The second-order valence-electron chi connectivity index (χ2n) is 15.7. The van der Waals surface area contributed by atoms with Gasteiger partial charge in [0.25, 0.3) is 0 Å². The Balaban J connectivity index is 4.89. The molecule has 0 aliphatic rings. The normalized spacial score (nSPS) is 13.5. The van der Waals surface area contributed by atoms with Crippen molar-refractivity contribution < 1.29 is 14.3 Å². The van der Waals surface area contributed by atoms with Crippen LogP contribution in [-0.2, 0) is 14.3 Å². The molecule has 0 aromatic rings. The lowest BCUT2D eigenvalue weighted by Crippen LogP contribution is -2.45. The molecule has 3 unspecified atom stereocenters. The van der Waals surface area contributed by atoms with E-state index in [1.54, 1.807) is 0 Å². The first-order valence-electron chi connectivity index (χ1n) is 21.9. The topological polar surface area (TPSA) is 49.9 Å².